The predicted octanol–water partition coefficient (Wildman–Crippen LogP) is 5.47. The number of hydrogen-bond acceptors (Lipinski definition) is 4. The van der Waals surface area contributed by atoms with E-state index in [1.54, 1.807) is 73.7 Å². The monoisotopic (exact) mass is 469 g/mol. The van der Waals surface area contributed by atoms with Crippen LogP contribution in [0.25, 0.3) is 0 Å². The molecule has 0 fully saturated rings. The minimum atomic E-state index is -0.384. The van der Waals surface area contributed by atoms with Crippen molar-refractivity contribution in [3.05, 3.63) is 93.5 Å². The standard InChI is InChI=1S/C24H21Cl2N3O3/c1-15-13-20(26)9-12-22(15)32-14-23(30)29-28-16(2)17-5-10-21(11-6-17)27-24(31)18-3-7-19(25)8-4-18/h3-13H,14H2,1-2H3,(H,27,31)(H,29,30). The minimum absolute atomic E-state index is 0.172. The van der Waals surface area contributed by atoms with E-state index >= 15 is 0 Å². The molecule has 2 N–H and O–H groups in total. The van der Waals surface area contributed by atoms with Gasteiger partial charge in [-0.05, 0) is 79.6 Å². The summed E-state index contributed by atoms with van der Waals surface area (Å²) in [5, 5.41) is 8.10. The van der Waals surface area contributed by atoms with E-state index in [1.807, 2.05) is 6.92 Å². The van der Waals surface area contributed by atoms with Crippen LogP contribution in [0.1, 0.15) is 28.4 Å². The van der Waals surface area contributed by atoms with Crippen LogP contribution in [0.15, 0.2) is 71.8 Å². The van der Waals surface area contributed by atoms with Gasteiger partial charge in [-0.25, -0.2) is 5.43 Å². The lowest BCUT2D eigenvalue weighted by Crippen LogP contribution is -2.25. The molecule has 0 heterocycles. The van der Waals surface area contributed by atoms with E-state index in [2.05, 4.69) is 15.8 Å². The Kier molecular flexibility index (Phi) is 7.87. The second-order valence-electron chi connectivity index (χ2n) is 6.97. The zero-order chi connectivity index (χ0) is 23.1. The molecule has 2 amide bonds. The number of hydrazone groups is 1. The quantitative estimate of drug-likeness (QED) is 0.355. The fourth-order valence-electron chi connectivity index (χ4n) is 2.76. The molecule has 0 spiro atoms. The number of amides is 2. The molecular weight excluding hydrogens is 449 g/mol. The minimum Gasteiger partial charge on any atom is -0.483 e. The lowest BCUT2D eigenvalue weighted by molar-refractivity contribution is -0.123. The largest absolute Gasteiger partial charge is 0.483 e. The molecule has 3 aromatic carbocycles. The van der Waals surface area contributed by atoms with Crippen LogP contribution in [0.4, 0.5) is 5.69 Å². The lowest BCUT2D eigenvalue weighted by Gasteiger charge is -2.09. The smallest absolute Gasteiger partial charge is 0.277 e. The summed E-state index contributed by atoms with van der Waals surface area (Å²) in [6.07, 6.45) is 0. The van der Waals surface area contributed by atoms with E-state index < -0.39 is 0 Å². The van der Waals surface area contributed by atoms with Gasteiger partial charge in [-0.15, -0.1) is 0 Å². The summed E-state index contributed by atoms with van der Waals surface area (Å²) in [5.41, 5.74) is 5.86. The zero-order valence-electron chi connectivity index (χ0n) is 17.5. The molecule has 0 unspecified atom stereocenters. The van der Waals surface area contributed by atoms with Crippen molar-refractivity contribution in [2.24, 2.45) is 5.10 Å². The number of rotatable bonds is 7. The highest BCUT2D eigenvalue weighted by molar-refractivity contribution is 6.31. The van der Waals surface area contributed by atoms with Crippen LogP contribution in [0.5, 0.6) is 5.75 Å². The number of ether oxygens (including phenoxy) is 1. The first-order valence-electron chi connectivity index (χ1n) is 9.71. The number of benzene rings is 3. The van der Waals surface area contributed by atoms with Gasteiger partial charge in [-0.1, -0.05) is 35.3 Å². The van der Waals surface area contributed by atoms with Crippen molar-refractivity contribution in [1.82, 2.24) is 5.43 Å². The second-order valence-corrected chi connectivity index (χ2v) is 7.84. The molecule has 0 aromatic heterocycles. The Labute approximate surface area is 196 Å². The van der Waals surface area contributed by atoms with Crippen molar-refractivity contribution >= 4 is 46.4 Å². The van der Waals surface area contributed by atoms with Crippen LogP contribution in [-0.4, -0.2) is 24.1 Å². The molecule has 0 saturated carbocycles. The number of nitrogens with one attached hydrogen (secondary N) is 2. The highest BCUT2D eigenvalue weighted by Crippen LogP contribution is 2.21. The molecule has 8 heteroatoms. The normalized spacial score (nSPS) is 11.1. The Morgan fingerprint density at radius 1 is 0.906 bits per heavy atom. The van der Waals surface area contributed by atoms with E-state index in [-0.39, 0.29) is 18.4 Å². The molecule has 0 aliphatic rings. The summed E-state index contributed by atoms with van der Waals surface area (Å²) < 4.78 is 5.50. The first-order valence-corrected chi connectivity index (χ1v) is 10.5. The number of aryl methyl sites for hydroxylation is 1. The van der Waals surface area contributed by atoms with E-state index in [4.69, 9.17) is 27.9 Å². The van der Waals surface area contributed by atoms with E-state index in [9.17, 15) is 9.59 Å². The summed E-state index contributed by atoms with van der Waals surface area (Å²) in [6, 6.07) is 18.9. The van der Waals surface area contributed by atoms with Crippen molar-refractivity contribution in [3.8, 4) is 5.75 Å². The number of carbonyl (C=O) groups excluding carboxylic acids is 2. The third kappa shape index (κ3) is 6.57. The second kappa shape index (κ2) is 10.8. The third-order valence-corrected chi connectivity index (χ3v) is 5.00. The molecule has 0 atom stereocenters. The summed E-state index contributed by atoms with van der Waals surface area (Å²) in [5.74, 6) is -0.0324. The highest BCUT2D eigenvalue weighted by atomic mass is 35.5. The molecule has 0 aliphatic carbocycles. The Balaban J connectivity index is 1.52. The summed E-state index contributed by atoms with van der Waals surface area (Å²) in [4.78, 5) is 24.3. The molecule has 164 valence electrons. The topological polar surface area (TPSA) is 79.8 Å². The first-order chi connectivity index (χ1) is 15.3. The number of halogens is 2. The average Bonchev–Trinajstić information content (AvgIpc) is 2.77. The van der Waals surface area contributed by atoms with Gasteiger partial charge in [0.15, 0.2) is 6.61 Å². The van der Waals surface area contributed by atoms with Gasteiger partial charge in [0.1, 0.15) is 5.75 Å². The maximum Gasteiger partial charge on any atom is 0.277 e. The fourth-order valence-corrected chi connectivity index (χ4v) is 3.11. The number of carbonyl (C=O) groups is 2. The maximum atomic E-state index is 12.3. The number of hydrogen-bond donors (Lipinski definition) is 2. The Bertz CT molecular complexity index is 1140. The van der Waals surface area contributed by atoms with Crippen LogP contribution in [0, 0.1) is 6.92 Å². The van der Waals surface area contributed by atoms with Gasteiger partial charge in [-0.2, -0.15) is 5.10 Å². The van der Waals surface area contributed by atoms with Crippen LogP contribution in [0.2, 0.25) is 10.0 Å². The van der Waals surface area contributed by atoms with Gasteiger partial charge < -0.3 is 10.1 Å². The van der Waals surface area contributed by atoms with Crippen molar-refractivity contribution in [2.75, 3.05) is 11.9 Å². The molecule has 0 saturated heterocycles. The van der Waals surface area contributed by atoms with E-state index in [0.717, 1.165) is 11.1 Å². The van der Waals surface area contributed by atoms with Gasteiger partial charge in [0.2, 0.25) is 0 Å². The van der Waals surface area contributed by atoms with Crippen LogP contribution >= 0.6 is 23.2 Å². The van der Waals surface area contributed by atoms with Gasteiger partial charge in [0.05, 0.1) is 5.71 Å². The first kappa shape index (κ1) is 23.3. The predicted molar refractivity (Wildman–Crippen MR) is 128 cm³/mol. The van der Waals surface area contributed by atoms with Crippen molar-refractivity contribution < 1.29 is 14.3 Å². The molecule has 0 bridgehead atoms. The number of nitrogens with zero attached hydrogens (tertiary/aromatic N) is 1. The Morgan fingerprint density at radius 3 is 2.19 bits per heavy atom. The SMILES string of the molecule is CC(=NNC(=O)COc1ccc(Cl)cc1C)c1ccc(NC(=O)c2ccc(Cl)cc2)cc1. The van der Waals surface area contributed by atoms with Gasteiger partial charge >= 0.3 is 0 Å². The molecule has 6 nitrogen and oxygen atoms in total. The van der Waals surface area contributed by atoms with Gasteiger partial charge in [0.25, 0.3) is 11.8 Å². The fraction of sp³-hybridized carbons (Fsp3) is 0.125. The molecule has 0 aliphatic heterocycles. The summed E-state index contributed by atoms with van der Waals surface area (Å²) in [7, 11) is 0. The number of anilines is 1. The molecule has 32 heavy (non-hydrogen) atoms. The van der Waals surface area contributed by atoms with Gasteiger partial charge in [0, 0.05) is 21.3 Å². The molecule has 3 rings (SSSR count). The average molecular weight is 470 g/mol. The van der Waals surface area contributed by atoms with Crippen molar-refractivity contribution in [2.45, 2.75) is 13.8 Å². The van der Waals surface area contributed by atoms with Gasteiger partial charge in [-0.3, -0.25) is 9.59 Å². The van der Waals surface area contributed by atoms with Crippen LogP contribution < -0.4 is 15.5 Å². The van der Waals surface area contributed by atoms with Crippen LogP contribution in [-0.2, 0) is 4.79 Å². The Morgan fingerprint density at radius 2 is 1.53 bits per heavy atom. The Hall–Kier alpha value is -3.35. The van der Waals surface area contributed by atoms with E-state index in [0.29, 0.717) is 32.8 Å². The summed E-state index contributed by atoms with van der Waals surface area (Å²) >= 11 is 11.8. The third-order valence-electron chi connectivity index (χ3n) is 4.51. The maximum absolute atomic E-state index is 12.3. The van der Waals surface area contributed by atoms with E-state index in [1.165, 1.54) is 0 Å². The molecule has 3 aromatic rings. The lowest BCUT2D eigenvalue weighted by atomic mass is 10.1. The van der Waals surface area contributed by atoms with Crippen LogP contribution in [0.3, 0.4) is 0 Å². The van der Waals surface area contributed by atoms with Crippen molar-refractivity contribution in [3.63, 3.8) is 0 Å². The van der Waals surface area contributed by atoms with Crippen molar-refractivity contribution in [1.29, 1.82) is 0 Å². The zero-order valence-corrected chi connectivity index (χ0v) is 19.0. The molecule has 0 radical (unpaired) electrons. The molecular formula is C24H21Cl2N3O3. The summed E-state index contributed by atoms with van der Waals surface area (Å²) in [6.45, 7) is 3.45. The highest BCUT2D eigenvalue weighted by Gasteiger charge is 2.08.